The summed E-state index contributed by atoms with van der Waals surface area (Å²) in [7, 11) is 0. The summed E-state index contributed by atoms with van der Waals surface area (Å²) in [5, 5.41) is 14.2. The van der Waals surface area contributed by atoms with E-state index in [1.54, 1.807) is 35.2 Å². The number of hydrogen-bond acceptors (Lipinski definition) is 7. The van der Waals surface area contributed by atoms with Crippen molar-refractivity contribution in [2.45, 2.75) is 44.8 Å². The van der Waals surface area contributed by atoms with Crippen LogP contribution in [0.15, 0.2) is 36.7 Å². The molecule has 9 nitrogen and oxygen atoms in total. The van der Waals surface area contributed by atoms with Crippen LogP contribution < -0.4 is 11.1 Å². The molecule has 0 spiro atoms. The van der Waals surface area contributed by atoms with Crippen LogP contribution in [0.4, 0.5) is 5.95 Å². The van der Waals surface area contributed by atoms with Gasteiger partial charge in [0.1, 0.15) is 17.3 Å². The van der Waals surface area contributed by atoms with Crippen LogP contribution in [0.5, 0.6) is 0 Å². The second kappa shape index (κ2) is 9.86. The van der Waals surface area contributed by atoms with Crippen LogP contribution in [0.1, 0.15) is 53.1 Å². The van der Waals surface area contributed by atoms with Gasteiger partial charge in [0.05, 0.1) is 18.6 Å². The summed E-state index contributed by atoms with van der Waals surface area (Å²) in [6, 6.07) is 7.36. The molecule has 0 saturated carbocycles. The third-order valence-electron chi connectivity index (χ3n) is 5.72. The summed E-state index contributed by atoms with van der Waals surface area (Å²) in [4.78, 5) is 25.6. The van der Waals surface area contributed by atoms with Crippen molar-refractivity contribution >= 4 is 23.5 Å². The Morgan fingerprint density at radius 3 is 2.94 bits per heavy atom. The van der Waals surface area contributed by atoms with Crippen LogP contribution >= 0.6 is 11.6 Å². The van der Waals surface area contributed by atoms with Crippen LogP contribution in [0.3, 0.4) is 0 Å². The standard InChI is InChI=1S/C23H27ClN6O3/c1-13-10-26-23(27-17-6-7-33-14(2)8-17)29-21(13)30-11-19(20(25)32)28-22(30)18(12-31)15-4-3-5-16(24)9-15/h3-5,9-11,14,17-18,31H,6-8,12H2,1-2H3,(H2,25,32)(H,26,27,29)/t14?,17?,18-/m0/s1. The first kappa shape index (κ1) is 23.2. The molecule has 1 amide bonds. The van der Waals surface area contributed by atoms with E-state index in [-0.39, 0.29) is 24.4 Å². The number of aryl methyl sites for hydroxylation is 1. The zero-order chi connectivity index (χ0) is 23.5. The monoisotopic (exact) mass is 470 g/mol. The van der Waals surface area contributed by atoms with E-state index in [0.29, 0.717) is 29.2 Å². The first-order valence-electron chi connectivity index (χ1n) is 10.8. The van der Waals surface area contributed by atoms with Gasteiger partial charge in [0.15, 0.2) is 0 Å². The molecule has 1 aliphatic heterocycles. The number of primary amides is 1. The quantitative estimate of drug-likeness (QED) is 0.484. The summed E-state index contributed by atoms with van der Waals surface area (Å²) in [6.07, 6.45) is 5.15. The molecule has 1 aromatic carbocycles. The van der Waals surface area contributed by atoms with E-state index >= 15 is 0 Å². The molecule has 10 heteroatoms. The molecule has 33 heavy (non-hydrogen) atoms. The number of anilines is 1. The second-order valence-corrected chi connectivity index (χ2v) is 8.69. The zero-order valence-corrected chi connectivity index (χ0v) is 19.3. The van der Waals surface area contributed by atoms with Crippen molar-refractivity contribution in [1.29, 1.82) is 0 Å². The predicted octanol–water partition coefficient (Wildman–Crippen LogP) is 2.83. The molecule has 1 aliphatic rings. The maximum absolute atomic E-state index is 12.0. The van der Waals surface area contributed by atoms with E-state index < -0.39 is 11.8 Å². The molecule has 2 unspecified atom stereocenters. The number of amides is 1. The first-order chi connectivity index (χ1) is 15.9. The van der Waals surface area contributed by atoms with Crippen LogP contribution in [-0.4, -0.2) is 55.9 Å². The van der Waals surface area contributed by atoms with E-state index in [4.69, 9.17) is 27.1 Å². The average Bonchev–Trinajstić information content (AvgIpc) is 3.21. The molecule has 4 N–H and O–H groups in total. The smallest absolute Gasteiger partial charge is 0.268 e. The third kappa shape index (κ3) is 5.16. The number of halogens is 1. The number of ether oxygens (including phenoxy) is 1. The van der Waals surface area contributed by atoms with Crippen LogP contribution in [0.2, 0.25) is 5.02 Å². The fraction of sp³-hybridized carbons (Fsp3) is 0.391. The number of aliphatic hydroxyl groups is 1. The molecule has 3 aromatic rings. The van der Waals surface area contributed by atoms with Crippen molar-refractivity contribution in [3.63, 3.8) is 0 Å². The van der Waals surface area contributed by atoms with Crippen LogP contribution in [0.25, 0.3) is 5.82 Å². The van der Waals surface area contributed by atoms with Crippen LogP contribution in [0, 0.1) is 6.92 Å². The summed E-state index contributed by atoms with van der Waals surface area (Å²) >= 11 is 6.17. The number of carbonyl (C=O) groups is 1. The molecule has 0 aliphatic carbocycles. The summed E-state index contributed by atoms with van der Waals surface area (Å²) in [5.74, 6) is 0.236. The number of nitrogens with zero attached hydrogens (tertiary/aromatic N) is 4. The van der Waals surface area contributed by atoms with Gasteiger partial charge in [0, 0.05) is 35.6 Å². The molecule has 3 heterocycles. The van der Waals surface area contributed by atoms with Crippen molar-refractivity contribution in [2.24, 2.45) is 5.73 Å². The molecule has 2 aromatic heterocycles. The lowest BCUT2D eigenvalue weighted by atomic mass is 9.99. The fourth-order valence-corrected chi connectivity index (χ4v) is 4.25. The number of benzene rings is 1. The number of nitrogens with one attached hydrogen (secondary N) is 1. The van der Waals surface area contributed by atoms with Gasteiger partial charge in [0.25, 0.3) is 5.91 Å². The van der Waals surface area contributed by atoms with E-state index in [9.17, 15) is 9.90 Å². The van der Waals surface area contributed by atoms with E-state index in [1.807, 2.05) is 19.9 Å². The maximum atomic E-state index is 12.0. The second-order valence-electron chi connectivity index (χ2n) is 8.26. The van der Waals surface area contributed by atoms with Gasteiger partial charge in [-0.15, -0.1) is 0 Å². The minimum Gasteiger partial charge on any atom is -0.395 e. The Morgan fingerprint density at radius 2 is 2.24 bits per heavy atom. The Labute approximate surface area is 197 Å². The van der Waals surface area contributed by atoms with Crippen molar-refractivity contribution in [2.75, 3.05) is 18.5 Å². The fourth-order valence-electron chi connectivity index (χ4n) is 4.05. The van der Waals surface area contributed by atoms with Crippen molar-refractivity contribution in [3.05, 3.63) is 64.3 Å². The number of carbonyl (C=O) groups excluding carboxylic acids is 1. The van der Waals surface area contributed by atoms with Gasteiger partial charge in [-0.2, -0.15) is 4.98 Å². The Balaban J connectivity index is 1.76. The molecular formula is C23H27ClN6O3. The number of hydrogen-bond donors (Lipinski definition) is 3. The molecule has 4 rings (SSSR count). The van der Waals surface area contributed by atoms with E-state index in [2.05, 4.69) is 15.3 Å². The molecule has 1 saturated heterocycles. The minimum atomic E-state index is -0.668. The Bertz CT molecular complexity index is 1150. The number of aliphatic hydroxyl groups excluding tert-OH is 1. The third-order valence-corrected chi connectivity index (χ3v) is 5.96. The van der Waals surface area contributed by atoms with Gasteiger partial charge < -0.3 is 20.9 Å². The highest BCUT2D eigenvalue weighted by atomic mass is 35.5. The average molecular weight is 471 g/mol. The lowest BCUT2D eigenvalue weighted by Crippen LogP contribution is -2.33. The highest BCUT2D eigenvalue weighted by Gasteiger charge is 2.25. The summed E-state index contributed by atoms with van der Waals surface area (Å²) in [6.45, 7) is 4.35. The number of rotatable bonds is 7. The van der Waals surface area contributed by atoms with Crippen molar-refractivity contribution < 1.29 is 14.6 Å². The SMILES string of the molecule is Cc1cnc(NC2CCOC(C)C2)nc1-n1cc(C(N)=O)nc1[C@@H](CO)c1cccc(Cl)c1. The number of nitrogens with two attached hydrogens (primary N) is 1. The zero-order valence-electron chi connectivity index (χ0n) is 18.5. The molecule has 1 fully saturated rings. The van der Waals surface area contributed by atoms with Gasteiger partial charge in [-0.25, -0.2) is 9.97 Å². The summed E-state index contributed by atoms with van der Waals surface area (Å²) in [5.41, 5.74) is 7.14. The van der Waals surface area contributed by atoms with Crippen molar-refractivity contribution in [1.82, 2.24) is 19.5 Å². The number of imidazole rings is 1. The predicted molar refractivity (Wildman–Crippen MR) is 125 cm³/mol. The molecule has 0 bridgehead atoms. The van der Waals surface area contributed by atoms with Crippen LogP contribution in [-0.2, 0) is 4.74 Å². The summed E-state index contributed by atoms with van der Waals surface area (Å²) < 4.78 is 7.31. The Kier molecular flexibility index (Phi) is 6.92. The highest BCUT2D eigenvalue weighted by molar-refractivity contribution is 6.30. The molecular weight excluding hydrogens is 444 g/mol. The topological polar surface area (TPSA) is 128 Å². The maximum Gasteiger partial charge on any atom is 0.268 e. The highest BCUT2D eigenvalue weighted by Crippen LogP contribution is 2.29. The van der Waals surface area contributed by atoms with Gasteiger partial charge in [0.2, 0.25) is 5.95 Å². The van der Waals surface area contributed by atoms with E-state index in [0.717, 1.165) is 24.0 Å². The van der Waals surface area contributed by atoms with Gasteiger partial charge in [-0.05, 0) is 44.4 Å². The Hall–Kier alpha value is -3.01. The molecule has 3 atom stereocenters. The normalized spacial score (nSPS) is 19.3. The number of aromatic nitrogens is 4. The largest absolute Gasteiger partial charge is 0.395 e. The molecule has 174 valence electrons. The Morgan fingerprint density at radius 1 is 1.42 bits per heavy atom. The van der Waals surface area contributed by atoms with Gasteiger partial charge >= 0.3 is 0 Å². The van der Waals surface area contributed by atoms with Crippen molar-refractivity contribution in [3.8, 4) is 5.82 Å². The lowest BCUT2D eigenvalue weighted by molar-refractivity contribution is 0.0231. The van der Waals surface area contributed by atoms with Gasteiger partial charge in [-0.1, -0.05) is 23.7 Å². The lowest BCUT2D eigenvalue weighted by Gasteiger charge is -2.28. The first-order valence-corrected chi connectivity index (χ1v) is 11.2. The molecule has 0 radical (unpaired) electrons. The van der Waals surface area contributed by atoms with Gasteiger partial charge in [-0.3, -0.25) is 9.36 Å². The van der Waals surface area contributed by atoms with E-state index in [1.165, 1.54) is 0 Å². The minimum absolute atomic E-state index is 0.0799.